The molecule has 0 radical (unpaired) electrons. The highest BCUT2D eigenvalue weighted by Crippen LogP contribution is 2.39. The van der Waals surface area contributed by atoms with Gasteiger partial charge in [0.25, 0.3) is 0 Å². The Morgan fingerprint density at radius 3 is 1.51 bits per heavy atom. The first kappa shape index (κ1) is 43.0. The third kappa shape index (κ3) is 10.1. The maximum atomic E-state index is 15.2. The first-order valence-electron chi connectivity index (χ1n) is 21.1. The van der Waals surface area contributed by atoms with Crippen LogP contribution in [-0.2, 0) is 30.5 Å². The van der Waals surface area contributed by atoms with Gasteiger partial charge in [0, 0.05) is 57.1 Å². The van der Waals surface area contributed by atoms with Gasteiger partial charge in [-0.25, -0.2) is 9.97 Å². The average molecular weight is 874 g/mol. The minimum absolute atomic E-state index is 0. The van der Waals surface area contributed by atoms with Crippen molar-refractivity contribution in [2.75, 3.05) is 63.8 Å². The second-order valence-electron chi connectivity index (χ2n) is 16.6. The van der Waals surface area contributed by atoms with Crippen LogP contribution in [-0.4, -0.2) is 110 Å². The highest BCUT2D eigenvalue weighted by molar-refractivity contribution is 7.15. The second kappa shape index (κ2) is 20.0. The molecule has 16 heteroatoms. The number of thiazole rings is 4. The number of aryl methyl sites for hydroxylation is 2. The lowest BCUT2D eigenvalue weighted by Crippen LogP contribution is -2.49. The number of nitrogen functional groups attached to an aromatic ring is 2. The van der Waals surface area contributed by atoms with Crippen molar-refractivity contribution in [2.24, 2.45) is 11.8 Å². The van der Waals surface area contributed by atoms with E-state index in [4.69, 9.17) is 11.5 Å². The number of rotatable bonds is 16. The number of hydrogen-bond donors (Lipinski definition) is 2. The number of hydrogen-bond acceptors (Lipinski definition) is 15. The van der Waals surface area contributed by atoms with Gasteiger partial charge in [0.15, 0.2) is 16.0 Å². The van der Waals surface area contributed by atoms with Crippen molar-refractivity contribution in [3.05, 3.63) is 54.3 Å². The van der Waals surface area contributed by atoms with Crippen LogP contribution in [0.15, 0.2) is 23.4 Å². The molecule has 4 aliphatic rings. The van der Waals surface area contributed by atoms with Crippen LogP contribution in [0.4, 0.5) is 10.3 Å². The van der Waals surface area contributed by atoms with Crippen LogP contribution in [0.5, 0.6) is 0 Å². The number of nitrogens with two attached hydrogens (primary N) is 2. The van der Waals surface area contributed by atoms with Gasteiger partial charge in [-0.05, 0) is 128 Å². The number of carbonyl (C=O) groups excluding carboxylic acids is 1. The fourth-order valence-corrected chi connectivity index (χ4v) is 13.5. The third-order valence-corrected chi connectivity index (χ3v) is 16.5. The van der Waals surface area contributed by atoms with Gasteiger partial charge in [0.2, 0.25) is 0 Å². The Labute approximate surface area is 361 Å². The molecule has 2 fully saturated rings. The Morgan fingerprint density at radius 1 is 0.719 bits per heavy atom. The summed E-state index contributed by atoms with van der Waals surface area (Å²) in [5.41, 5.74) is 18.4. The Bertz CT molecular complexity index is 1710. The molecule has 2 aliphatic carbocycles. The van der Waals surface area contributed by atoms with E-state index < -0.39 is 0 Å². The number of fused-ring (bicyclic) bond motifs is 2. The lowest BCUT2D eigenvalue weighted by atomic mass is 9.89. The minimum atomic E-state index is -0.286. The highest BCUT2D eigenvalue weighted by Gasteiger charge is 2.41. The van der Waals surface area contributed by atoms with Crippen LogP contribution in [0.2, 0.25) is 0 Å². The zero-order chi connectivity index (χ0) is 38.6. The molecule has 6 heterocycles. The summed E-state index contributed by atoms with van der Waals surface area (Å²) in [6.45, 7) is 12.8. The Balaban J connectivity index is 0.00000496. The van der Waals surface area contributed by atoms with Gasteiger partial charge in [-0.3, -0.25) is 34.4 Å². The summed E-state index contributed by atoms with van der Waals surface area (Å²) in [6, 6.07) is 0.547. The summed E-state index contributed by atoms with van der Waals surface area (Å²) >= 11 is 6.62. The van der Waals surface area contributed by atoms with E-state index in [1.54, 1.807) is 45.3 Å². The second-order valence-corrected chi connectivity index (χ2v) is 20.7. The van der Waals surface area contributed by atoms with E-state index in [0.29, 0.717) is 40.0 Å². The number of aromatic nitrogens is 4. The molecule has 8 rings (SSSR count). The molecule has 312 valence electrons. The molecule has 2 aliphatic heterocycles. The van der Waals surface area contributed by atoms with E-state index in [9.17, 15) is 0 Å². The van der Waals surface area contributed by atoms with Gasteiger partial charge >= 0.3 is 0 Å². The van der Waals surface area contributed by atoms with Gasteiger partial charge in [-0.1, -0.05) is 13.8 Å². The summed E-state index contributed by atoms with van der Waals surface area (Å²) in [7, 11) is 0. The normalized spacial score (nSPS) is 22.3. The third-order valence-electron chi connectivity index (χ3n) is 12.9. The molecular weight excluding hydrogens is 812 g/mol. The molecule has 0 aromatic carbocycles. The monoisotopic (exact) mass is 872 g/mol. The maximum Gasteiger partial charge on any atom is 0.180 e. The van der Waals surface area contributed by atoms with E-state index in [2.05, 4.69) is 53.4 Å². The molecule has 0 bridgehead atoms. The highest BCUT2D eigenvalue weighted by atomic mass is 35.5. The SMILES string of the molecule is CCCN(CC1CCN([C@@H](C(=O)[C@@H](c2cncs2)N2CCC(CN(CCC)C3CCc4nc(N)sc4C3)CC2)c2cncs2)CC1)C1CCc2nc(N)sc2C1.Cl. The molecule has 2 saturated heterocycles. The van der Waals surface area contributed by atoms with Gasteiger partial charge in [0.05, 0.1) is 22.4 Å². The first-order chi connectivity index (χ1) is 27.4. The number of nitrogens with zero attached hydrogens (tertiary/aromatic N) is 8. The quantitative estimate of drug-likeness (QED) is 0.117. The molecule has 0 saturated carbocycles. The number of ketones is 1. The van der Waals surface area contributed by atoms with Gasteiger partial charge in [-0.15, -0.1) is 57.8 Å². The minimum Gasteiger partial charge on any atom is -0.375 e. The molecule has 0 amide bonds. The standard InChI is InChI=1S/C41H60N10OS4.ClH/c1-3-13-50(29-5-7-31-33(19-29)55-40(42)46-31)23-27-9-15-48(16-10-27)37(35-21-44-25-53-35)39(52)38(36-22-45-26-54-36)49-17-11-28(12-18-49)24-51(14-4-2)30-6-8-32-34(20-30)56-41(43)47-32;/h21-22,25-30,37-38H,3-20,23-24H2,1-2H3,(H2,42,46)(H2,43,47);1H/t29?,30?,37-,38-;/m1./s1. The van der Waals surface area contributed by atoms with Gasteiger partial charge in [0.1, 0.15) is 12.1 Å². The molecule has 4 N–H and O–H groups in total. The number of anilines is 2. The Morgan fingerprint density at radius 2 is 1.14 bits per heavy atom. The van der Waals surface area contributed by atoms with Crippen molar-refractivity contribution in [1.82, 2.24) is 39.5 Å². The fourth-order valence-electron chi connectivity index (χ4n) is 10.1. The topological polar surface area (TPSA) is 134 Å². The van der Waals surface area contributed by atoms with Crippen molar-refractivity contribution in [1.29, 1.82) is 0 Å². The van der Waals surface area contributed by atoms with Crippen LogP contribution < -0.4 is 11.5 Å². The number of carbonyl (C=O) groups is 1. The summed E-state index contributed by atoms with van der Waals surface area (Å²) < 4.78 is 0. The van der Waals surface area contributed by atoms with E-state index in [1.165, 1.54) is 21.1 Å². The zero-order valence-corrected chi connectivity index (χ0v) is 37.7. The summed E-state index contributed by atoms with van der Waals surface area (Å²) in [5, 5.41) is 1.42. The van der Waals surface area contributed by atoms with Crippen LogP contribution >= 0.6 is 57.8 Å². The summed E-state index contributed by atoms with van der Waals surface area (Å²) in [4.78, 5) is 48.8. The molecule has 4 aromatic heterocycles. The number of Topliss-reactive ketones (excluding diaryl/α,β-unsaturated/α-hetero) is 1. The van der Waals surface area contributed by atoms with E-state index in [1.807, 2.05) is 23.4 Å². The molecule has 0 spiro atoms. The Hall–Kier alpha value is -2.08. The molecular formula is C41H61ClN10OS4. The van der Waals surface area contributed by atoms with Crippen molar-refractivity contribution in [2.45, 2.75) is 115 Å². The summed E-state index contributed by atoms with van der Waals surface area (Å²) in [5.74, 6) is 1.55. The van der Waals surface area contributed by atoms with Crippen molar-refractivity contribution < 1.29 is 4.79 Å². The van der Waals surface area contributed by atoms with Crippen molar-refractivity contribution in [3.8, 4) is 0 Å². The Kier molecular flexibility index (Phi) is 15.1. The van der Waals surface area contributed by atoms with Gasteiger partial charge < -0.3 is 11.5 Å². The number of halogens is 1. The largest absolute Gasteiger partial charge is 0.375 e. The van der Waals surface area contributed by atoms with Crippen LogP contribution in [0, 0.1) is 11.8 Å². The smallest absolute Gasteiger partial charge is 0.180 e. The lowest BCUT2D eigenvalue weighted by Gasteiger charge is -2.43. The zero-order valence-electron chi connectivity index (χ0n) is 33.6. The van der Waals surface area contributed by atoms with Crippen molar-refractivity contribution >= 4 is 73.8 Å². The van der Waals surface area contributed by atoms with Crippen LogP contribution in [0.3, 0.4) is 0 Å². The molecule has 2 unspecified atom stereocenters. The predicted molar refractivity (Wildman–Crippen MR) is 239 cm³/mol. The molecule has 4 aromatic rings. The van der Waals surface area contributed by atoms with Crippen LogP contribution in [0.25, 0.3) is 0 Å². The van der Waals surface area contributed by atoms with E-state index in [0.717, 1.165) is 139 Å². The molecule has 4 atom stereocenters. The lowest BCUT2D eigenvalue weighted by molar-refractivity contribution is -0.131. The van der Waals surface area contributed by atoms with Crippen LogP contribution in [0.1, 0.15) is 108 Å². The van der Waals surface area contributed by atoms with Crippen molar-refractivity contribution in [3.63, 3.8) is 0 Å². The first-order valence-corrected chi connectivity index (χ1v) is 24.5. The molecule has 11 nitrogen and oxygen atoms in total. The predicted octanol–water partition coefficient (Wildman–Crippen LogP) is 7.41. The van der Waals surface area contributed by atoms with E-state index in [-0.39, 0.29) is 24.5 Å². The average Bonchev–Trinajstić information content (AvgIpc) is 4.04. The number of piperidine rings is 2. The van der Waals surface area contributed by atoms with E-state index >= 15 is 4.79 Å². The molecule has 57 heavy (non-hydrogen) atoms. The fraction of sp³-hybridized carbons (Fsp3) is 0.683. The maximum absolute atomic E-state index is 15.2. The van der Waals surface area contributed by atoms with Gasteiger partial charge in [-0.2, -0.15) is 0 Å². The number of likely N-dealkylation sites (tertiary alicyclic amines) is 2. The summed E-state index contributed by atoms with van der Waals surface area (Å²) in [6.07, 6.45) is 17.2.